The van der Waals surface area contributed by atoms with Crippen LogP contribution in [0.5, 0.6) is 0 Å². The van der Waals surface area contributed by atoms with Crippen LogP contribution in [-0.4, -0.2) is 62.2 Å². The number of likely N-dealkylation sites (tertiary alicyclic amines) is 1. The Hall–Kier alpha value is -0.160. The van der Waals surface area contributed by atoms with Crippen LogP contribution in [0.4, 0.5) is 0 Å². The van der Waals surface area contributed by atoms with E-state index in [4.69, 9.17) is 14.6 Å². The number of aliphatic hydroxyl groups is 1. The summed E-state index contributed by atoms with van der Waals surface area (Å²) in [5, 5.41) is 8.61. The van der Waals surface area contributed by atoms with Gasteiger partial charge in [-0.15, -0.1) is 0 Å². The van der Waals surface area contributed by atoms with Gasteiger partial charge in [-0.25, -0.2) is 0 Å². The van der Waals surface area contributed by atoms with Crippen molar-refractivity contribution in [2.75, 3.05) is 46.1 Å². The second-order valence-corrected chi connectivity index (χ2v) is 4.60. The molecule has 0 bridgehead atoms. The molecule has 1 rings (SSSR count). The van der Waals surface area contributed by atoms with Gasteiger partial charge in [0.15, 0.2) is 0 Å². The molecular formula is C13H27NO3. The van der Waals surface area contributed by atoms with E-state index in [1.807, 2.05) is 0 Å². The molecule has 0 aromatic heterocycles. The number of hydrogen-bond donors (Lipinski definition) is 1. The number of nitrogens with zero attached hydrogens (tertiary/aromatic N) is 1. The van der Waals surface area contributed by atoms with E-state index in [1.54, 1.807) is 0 Å². The van der Waals surface area contributed by atoms with Crippen molar-refractivity contribution in [3.63, 3.8) is 0 Å². The Kier molecular flexibility index (Phi) is 8.61. The molecule has 1 aliphatic heterocycles. The van der Waals surface area contributed by atoms with Crippen LogP contribution in [-0.2, 0) is 9.47 Å². The molecule has 1 aliphatic rings. The molecule has 1 atom stereocenters. The summed E-state index contributed by atoms with van der Waals surface area (Å²) in [6.07, 6.45) is 5.11. The van der Waals surface area contributed by atoms with Crippen LogP contribution in [0.3, 0.4) is 0 Å². The first-order valence-corrected chi connectivity index (χ1v) is 6.89. The third-order valence-corrected chi connectivity index (χ3v) is 3.11. The van der Waals surface area contributed by atoms with Crippen molar-refractivity contribution in [1.82, 2.24) is 4.90 Å². The van der Waals surface area contributed by atoms with Crippen LogP contribution in [0.1, 0.15) is 32.6 Å². The maximum atomic E-state index is 8.61. The van der Waals surface area contributed by atoms with Gasteiger partial charge in [0.1, 0.15) is 0 Å². The fraction of sp³-hybridized carbons (Fsp3) is 1.00. The maximum absolute atomic E-state index is 8.61. The van der Waals surface area contributed by atoms with Gasteiger partial charge in [-0.1, -0.05) is 6.92 Å². The highest BCUT2D eigenvalue weighted by Gasteiger charge is 2.16. The highest BCUT2D eigenvalue weighted by molar-refractivity contribution is 4.70. The van der Waals surface area contributed by atoms with Crippen molar-refractivity contribution in [3.8, 4) is 0 Å². The van der Waals surface area contributed by atoms with Crippen LogP contribution < -0.4 is 0 Å². The van der Waals surface area contributed by atoms with Crippen molar-refractivity contribution in [2.45, 2.75) is 38.7 Å². The van der Waals surface area contributed by atoms with Gasteiger partial charge in [0.2, 0.25) is 0 Å². The lowest BCUT2D eigenvalue weighted by molar-refractivity contribution is 0.0418. The van der Waals surface area contributed by atoms with Crippen LogP contribution in [0.15, 0.2) is 0 Å². The molecular weight excluding hydrogens is 218 g/mol. The van der Waals surface area contributed by atoms with Crippen LogP contribution in [0.2, 0.25) is 0 Å². The zero-order valence-corrected chi connectivity index (χ0v) is 11.1. The van der Waals surface area contributed by atoms with Crippen molar-refractivity contribution >= 4 is 0 Å². The van der Waals surface area contributed by atoms with E-state index in [1.165, 1.54) is 12.8 Å². The Balaban J connectivity index is 2.09. The lowest BCUT2D eigenvalue weighted by atomic mass is 10.2. The average molecular weight is 245 g/mol. The minimum absolute atomic E-state index is 0.118. The Labute approximate surface area is 105 Å². The fourth-order valence-corrected chi connectivity index (χ4v) is 2.16. The quantitative estimate of drug-likeness (QED) is 0.654. The monoisotopic (exact) mass is 245 g/mol. The van der Waals surface area contributed by atoms with E-state index < -0.39 is 0 Å². The first-order valence-electron chi connectivity index (χ1n) is 6.89. The van der Waals surface area contributed by atoms with E-state index in [0.717, 1.165) is 45.7 Å². The maximum Gasteiger partial charge on any atom is 0.0698 e. The molecule has 0 amide bonds. The number of hydrogen-bond acceptors (Lipinski definition) is 4. The predicted molar refractivity (Wildman–Crippen MR) is 68.2 cm³/mol. The van der Waals surface area contributed by atoms with Crippen LogP contribution >= 0.6 is 0 Å². The molecule has 0 aliphatic carbocycles. The fourth-order valence-electron chi connectivity index (χ4n) is 2.16. The van der Waals surface area contributed by atoms with E-state index in [-0.39, 0.29) is 6.61 Å². The molecule has 0 radical (unpaired) electrons. The van der Waals surface area contributed by atoms with Crippen LogP contribution in [0.25, 0.3) is 0 Å². The molecule has 1 saturated heterocycles. The molecule has 1 fully saturated rings. The standard InChI is InChI=1S/C13H27NO3/c1-2-10-17-13-4-3-6-14(7-5-13)8-11-16-12-9-15/h13,15H,2-12H2,1H3. The smallest absolute Gasteiger partial charge is 0.0698 e. The molecule has 0 saturated carbocycles. The van der Waals surface area contributed by atoms with Gasteiger partial charge in [0.05, 0.1) is 25.9 Å². The molecule has 0 spiro atoms. The van der Waals surface area contributed by atoms with Gasteiger partial charge in [0, 0.05) is 19.7 Å². The molecule has 1 heterocycles. The van der Waals surface area contributed by atoms with Crippen molar-refractivity contribution < 1.29 is 14.6 Å². The highest BCUT2D eigenvalue weighted by atomic mass is 16.5. The zero-order valence-electron chi connectivity index (χ0n) is 11.1. The molecule has 0 aromatic rings. The first kappa shape index (κ1) is 14.9. The van der Waals surface area contributed by atoms with Gasteiger partial charge in [0.25, 0.3) is 0 Å². The molecule has 4 heteroatoms. The molecule has 1 unspecified atom stereocenters. The predicted octanol–water partition coefficient (Wildman–Crippen LogP) is 1.28. The summed E-state index contributed by atoms with van der Waals surface area (Å²) in [7, 11) is 0. The molecule has 17 heavy (non-hydrogen) atoms. The lowest BCUT2D eigenvalue weighted by Crippen LogP contribution is -2.29. The third-order valence-electron chi connectivity index (χ3n) is 3.11. The van der Waals surface area contributed by atoms with E-state index in [0.29, 0.717) is 12.7 Å². The summed E-state index contributed by atoms with van der Waals surface area (Å²) >= 11 is 0. The average Bonchev–Trinajstić information content (AvgIpc) is 2.57. The van der Waals surface area contributed by atoms with Gasteiger partial charge >= 0.3 is 0 Å². The van der Waals surface area contributed by atoms with Gasteiger partial charge < -0.3 is 19.5 Å². The largest absolute Gasteiger partial charge is 0.394 e. The summed E-state index contributed by atoms with van der Waals surface area (Å²) < 4.78 is 11.1. The van der Waals surface area contributed by atoms with E-state index in [9.17, 15) is 0 Å². The summed E-state index contributed by atoms with van der Waals surface area (Å²) in [4.78, 5) is 2.44. The summed E-state index contributed by atoms with van der Waals surface area (Å²) in [5.41, 5.74) is 0. The highest BCUT2D eigenvalue weighted by Crippen LogP contribution is 2.14. The van der Waals surface area contributed by atoms with Gasteiger partial charge in [-0.2, -0.15) is 0 Å². The second-order valence-electron chi connectivity index (χ2n) is 4.60. The molecule has 4 nitrogen and oxygen atoms in total. The lowest BCUT2D eigenvalue weighted by Gasteiger charge is -2.20. The van der Waals surface area contributed by atoms with Crippen molar-refractivity contribution in [1.29, 1.82) is 0 Å². The van der Waals surface area contributed by atoms with Crippen molar-refractivity contribution in [3.05, 3.63) is 0 Å². The SMILES string of the molecule is CCCOC1CCCN(CCOCCO)CC1. The van der Waals surface area contributed by atoms with Gasteiger partial charge in [-0.3, -0.25) is 0 Å². The van der Waals surface area contributed by atoms with Crippen LogP contribution in [0, 0.1) is 0 Å². The number of rotatable bonds is 8. The second kappa shape index (κ2) is 9.83. The summed E-state index contributed by atoms with van der Waals surface area (Å²) in [6.45, 7) is 7.57. The Morgan fingerprint density at radius 3 is 2.82 bits per heavy atom. The number of ether oxygens (including phenoxy) is 2. The summed E-state index contributed by atoms with van der Waals surface area (Å²) in [5.74, 6) is 0. The molecule has 102 valence electrons. The minimum Gasteiger partial charge on any atom is -0.394 e. The Morgan fingerprint density at radius 1 is 1.18 bits per heavy atom. The first-order chi connectivity index (χ1) is 8.36. The summed E-state index contributed by atoms with van der Waals surface area (Å²) in [6, 6.07) is 0. The number of aliphatic hydroxyl groups excluding tert-OH is 1. The normalized spacial score (nSPS) is 22.6. The molecule has 1 N–H and O–H groups in total. The van der Waals surface area contributed by atoms with Gasteiger partial charge in [-0.05, 0) is 32.2 Å². The third kappa shape index (κ3) is 6.99. The minimum atomic E-state index is 0.118. The Morgan fingerprint density at radius 2 is 2.06 bits per heavy atom. The molecule has 0 aromatic carbocycles. The zero-order chi connectivity index (χ0) is 12.3. The topological polar surface area (TPSA) is 41.9 Å². The van der Waals surface area contributed by atoms with Crippen molar-refractivity contribution in [2.24, 2.45) is 0 Å². The van der Waals surface area contributed by atoms with E-state index in [2.05, 4.69) is 11.8 Å². The van der Waals surface area contributed by atoms with E-state index >= 15 is 0 Å². The Bertz CT molecular complexity index is 178.